The molecule has 3 rings (SSSR count). The minimum Gasteiger partial charge on any atom is -0.497 e. The van der Waals surface area contributed by atoms with Gasteiger partial charge in [-0.15, -0.1) is 0 Å². The molecule has 0 radical (unpaired) electrons. The lowest BCUT2D eigenvalue weighted by Crippen LogP contribution is -2.49. The summed E-state index contributed by atoms with van der Waals surface area (Å²) >= 11 is 0. The molecule has 5 heteroatoms. The molecule has 2 aromatic carbocycles. The fraction of sp³-hybridized carbons (Fsp3) is 0.350. The van der Waals surface area contributed by atoms with Crippen LogP contribution in [0.4, 0.5) is 4.39 Å². The fourth-order valence-electron chi connectivity index (χ4n) is 3.05. The monoisotopic (exact) mass is 342 g/mol. The zero-order valence-corrected chi connectivity index (χ0v) is 14.5. The first kappa shape index (κ1) is 17.4. The molecule has 0 N–H and O–H groups in total. The molecule has 0 aromatic heterocycles. The van der Waals surface area contributed by atoms with Gasteiger partial charge in [0.25, 0.3) is 5.91 Å². The van der Waals surface area contributed by atoms with Crippen molar-refractivity contribution in [2.75, 3.05) is 39.8 Å². The Hall–Kier alpha value is -2.40. The smallest absolute Gasteiger partial charge is 0.254 e. The summed E-state index contributed by atoms with van der Waals surface area (Å²) in [5, 5.41) is 0. The largest absolute Gasteiger partial charge is 0.497 e. The average Bonchev–Trinajstić information content (AvgIpc) is 2.67. The molecule has 132 valence electrons. The third-order valence-corrected chi connectivity index (χ3v) is 4.61. The zero-order valence-electron chi connectivity index (χ0n) is 14.5. The minimum atomic E-state index is -0.201. The van der Waals surface area contributed by atoms with Crippen molar-refractivity contribution in [2.45, 2.75) is 6.42 Å². The molecule has 2 aromatic rings. The molecule has 1 fully saturated rings. The topological polar surface area (TPSA) is 32.8 Å². The van der Waals surface area contributed by atoms with Crippen molar-refractivity contribution in [3.8, 4) is 5.75 Å². The molecule has 1 aliphatic rings. The lowest BCUT2D eigenvalue weighted by molar-refractivity contribution is 0.0638. The van der Waals surface area contributed by atoms with Crippen LogP contribution >= 0.6 is 0 Å². The van der Waals surface area contributed by atoms with Crippen molar-refractivity contribution in [1.82, 2.24) is 9.80 Å². The van der Waals surface area contributed by atoms with Gasteiger partial charge in [0.05, 0.1) is 7.11 Å². The molecule has 1 saturated heterocycles. The summed E-state index contributed by atoms with van der Waals surface area (Å²) in [5.74, 6) is 0.550. The Kier molecular flexibility index (Phi) is 5.66. The number of hydrogen-bond donors (Lipinski definition) is 0. The first-order chi connectivity index (χ1) is 12.2. The molecule has 0 unspecified atom stereocenters. The second kappa shape index (κ2) is 8.12. The second-order valence-electron chi connectivity index (χ2n) is 6.24. The van der Waals surface area contributed by atoms with Gasteiger partial charge in [-0.2, -0.15) is 0 Å². The van der Waals surface area contributed by atoms with Crippen molar-refractivity contribution in [3.05, 3.63) is 65.5 Å². The maximum Gasteiger partial charge on any atom is 0.254 e. The van der Waals surface area contributed by atoms with Crippen LogP contribution in [0.15, 0.2) is 48.5 Å². The Morgan fingerprint density at radius 1 is 1.08 bits per heavy atom. The van der Waals surface area contributed by atoms with Crippen molar-refractivity contribution in [3.63, 3.8) is 0 Å². The van der Waals surface area contributed by atoms with E-state index in [2.05, 4.69) is 4.90 Å². The Bertz CT molecular complexity index is 710. The van der Waals surface area contributed by atoms with E-state index in [1.807, 2.05) is 35.2 Å². The number of halogens is 1. The van der Waals surface area contributed by atoms with Crippen LogP contribution in [0.25, 0.3) is 0 Å². The summed E-state index contributed by atoms with van der Waals surface area (Å²) in [6.45, 7) is 4.08. The summed E-state index contributed by atoms with van der Waals surface area (Å²) in [7, 11) is 1.60. The lowest BCUT2D eigenvalue weighted by Gasteiger charge is -2.34. The number of benzene rings is 2. The van der Waals surface area contributed by atoms with Gasteiger partial charge >= 0.3 is 0 Å². The van der Waals surface area contributed by atoms with Crippen LogP contribution < -0.4 is 4.74 Å². The Morgan fingerprint density at radius 3 is 2.48 bits per heavy atom. The maximum absolute atomic E-state index is 12.9. The molecule has 0 saturated carbocycles. The summed E-state index contributed by atoms with van der Waals surface area (Å²) in [4.78, 5) is 16.8. The van der Waals surface area contributed by atoms with Gasteiger partial charge in [-0.3, -0.25) is 9.69 Å². The summed E-state index contributed by atoms with van der Waals surface area (Å²) in [6.07, 6.45) is 0.893. The van der Waals surface area contributed by atoms with Crippen LogP contribution in [0.3, 0.4) is 0 Å². The Labute approximate surface area is 147 Å². The van der Waals surface area contributed by atoms with E-state index >= 15 is 0 Å². The van der Waals surface area contributed by atoms with Crippen LogP contribution in [0.2, 0.25) is 0 Å². The van der Waals surface area contributed by atoms with Crippen LogP contribution in [-0.2, 0) is 6.42 Å². The number of carbonyl (C=O) groups is 1. The number of amides is 1. The van der Waals surface area contributed by atoms with Gasteiger partial charge < -0.3 is 9.64 Å². The molecule has 1 aliphatic heterocycles. The SMILES string of the molecule is COc1cccc(C(=O)N2CCN(CCc3ccc(F)cc3)CC2)c1. The van der Waals surface area contributed by atoms with Gasteiger partial charge in [-0.05, 0) is 42.3 Å². The predicted octanol–water partition coefficient (Wildman–Crippen LogP) is 2.83. The third-order valence-electron chi connectivity index (χ3n) is 4.61. The van der Waals surface area contributed by atoms with Crippen LogP contribution in [0, 0.1) is 5.82 Å². The van der Waals surface area contributed by atoms with Gasteiger partial charge in [0.15, 0.2) is 0 Å². The van der Waals surface area contributed by atoms with Crippen LogP contribution in [-0.4, -0.2) is 55.5 Å². The highest BCUT2D eigenvalue weighted by atomic mass is 19.1. The van der Waals surface area contributed by atoms with E-state index in [1.165, 1.54) is 12.1 Å². The van der Waals surface area contributed by atoms with E-state index in [9.17, 15) is 9.18 Å². The number of carbonyl (C=O) groups excluding carboxylic acids is 1. The molecule has 0 bridgehead atoms. The quantitative estimate of drug-likeness (QED) is 0.838. The summed E-state index contributed by atoms with van der Waals surface area (Å²) < 4.78 is 18.1. The first-order valence-electron chi connectivity index (χ1n) is 8.56. The molecular weight excluding hydrogens is 319 g/mol. The van der Waals surface area contributed by atoms with E-state index < -0.39 is 0 Å². The Morgan fingerprint density at radius 2 is 1.80 bits per heavy atom. The van der Waals surface area contributed by atoms with Crippen molar-refractivity contribution >= 4 is 5.91 Å². The zero-order chi connectivity index (χ0) is 17.6. The van der Waals surface area contributed by atoms with E-state index in [-0.39, 0.29) is 11.7 Å². The molecule has 4 nitrogen and oxygen atoms in total. The predicted molar refractivity (Wildman–Crippen MR) is 95.4 cm³/mol. The van der Waals surface area contributed by atoms with E-state index in [0.717, 1.165) is 44.7 Å². The fourth-order valence-corrected chi connectivity index (χ4v) is 3.05. The number of piperazine rings is 1. The Balaban J connectivity index is 1.49. The normalized spacial score (nSPS) is 15.2. The molecule has 1 heterocycles. The number of ether oxygens (including phenoxy) is 1. The molecule has 1 amide bonds. The molecule has 25 heavy (non-hydrogen) atoms. The molecule has 0 spiro atoms. The van der Waals surface area contributed by atoms with Gasteiger partial charge in [-0.1, -0.05) is 18.2 Å². The number of nitrogens with zero attached hydrogens (tertiary/aromatic N) is 2. The van der Waals surface area contributed by atoms with Crippen LogP contribution in [0.5, 0.6) is 5.75 Å². The average molecular weight is 342 g/mol. The molecule has 0 atom stereocenters. The van der Waals surface area contributed by atoms with Gasteiger partial charge in [-0.25, -0.2) is 4.39 Å². The van der Waals surface area contributed by atoms with Gasteiger partial charge in [0.1, 0.15) is 11.6 Å². The minimum absolute atomic E-state index is 0.0529. The highest BCUT2D eigenvalue weighted by Gasteiger charge is 2.22. The molecular formula is C20H23FN2O2. The van der Waals surface area contributed by atoms with E-state index in [1.54, 1.807) is 13.2 Å². The summed E-state index contributed by atoms with van der Waals surface area (Å²) in [6, 6.07) is 13.9. The van der Waals surface area contributed by atoms with Crippen molar-refractivity contribution < 1.29 is 13.9 Å². The van der Waals surface area contributed by atoms with Crippen LogP contribution in [0.1, 0.15) is 15.9 Å². The van der Waals surface area contributed by atoms with Gasteiger partial charge in [0.2, 0.25) is 0 Å². The standard InChI is InChI=1S/C20H23FN2O2/c1-25-19-4-2-3-17(15-19)20(24)23-13-11-22(12-14-23)10-9-16-5-7-18(21)8-6-16/h2-8,15H,9-14H2,1H3. The van der Waals surface area contributed by atoms with E-state index in [0.29, 0.717) is 11.3 Å². The second-order valence-corrected chi connectivity index (χ2v) is 6.24. The van der Waals surface area contributed by atoms with Crippen molar-refractivity contribution in [1.29, 1.82) is 0 Å². The number of hydrogen-bond acceptors (Lipinski definition) is 3. The third kappa shape index (κ3) is 4.57. The summed E-state index contributed by atoms with van der Waals surface area (Å²) in [5.41, 5.74) is 1.80. The highest BCUT2D eigenvalue weighted by Crippen LogP contribution is 2.16. The number of methoxy groups -OCH3 is 1. The highest BCUT2D eigenvalue weighted by molar-refractivity contribution is 5.94. The molecule has 0 aliphatic carbocycles. The lowest BCUT2D eigenvalue weighted by atomic mass is 10.1. The first-order valence-corrected chi connectivity index (χ1v) is 8.56. The van der Waals surface area contributed by atoms with Gasteiger partial charge in [0, 0.05) is 38.3 Å². The number of rotatable bonds is 5. The van der Waals surface area contributed by atoms with Crippen molar-refractivity contribution in [2.24, 2.45) is 0 Å². The van der Waals surface area contributed by atoms with E-state index in [4.69, 9.17) is 4.74 Å². The maximum atomic E-state index is 12.9.